The van der Waals surface area contributed by atoms with Crippen LogP contribution in [0.5, 0.6) is 0 Å². The van der Waals surface area contributed by atoms with E-state index in [1.165, 1.54) is 33.0 Å². The third-order valence-corrected chi connectivity index (χ3v) is 4.35. The zero-order valence-corrected chi connectivity index (χ0v) is 12.5. The van der Waals surface area contributed by atoms with Crippen LogP contribution >= 0.6 is 0 Å². The first-order valence-corrected chi connectivity index (χ1v) is 7.83. The van der Waals surface area contributed by atoms with Crippen molar-refractivity contribution < 1.29 is 0 Å². The van der Waals surface area contributed by atoms with Gasteiger partial charge in [-0.1, -0.05) is 85.0 Å². The van der Waals surface area contributed by atoms with E-state index in [4.69, 9.17) is 0 Å². The summed E-state index contributed by atoms with van der Waals surface area (Å²) in [7, 11) is 0. The number of fused-ring (bicyclic) bond motifs is 1. The monoisotopic (exact) mass is 282 g/mol. The van der Waals surface area contributed by atoms with Gasteiger partial charge in [0.05, 0.1) is 0 Å². The molecule has 0 bridgehead atoms. The fourth-order valence-corrected chi connectivity index (χ4v) is 3.27. The van der Waals surface area contributed by atoms with Crippen LogP contribution in [0.15, 0.2) is 72.8 Å². The molecule has 0 heteroatoms. The molecule has 0 N–H and O–H groups in total. The van der Waals surface area contributed by atoms with Crippen molar-refractivity contribution in [3.05, 3.63) is 95.1 Å². The van der Waals surface area contributed by atoms with Gasteiger partial charge in [0.25, 0.3) is 0 Å². The average molecular weight is 282 g/mol. The molecule has 0 aromatic heterocycles. The molecule has 3 aromatic rings. The molecule has 2 aliphatic carbocycles. The van der Waals surface area contributed by atoms with Crippen molar-refractivity contribution in [1.29, 1.82) is 0 Å². The Morgan fingerprint density at radius 1 is 0.545 bits per heavy atom. The number of benzene rings is 3. The average Bonchev–Trinajstić information content (AvgIpc) is 3.05. The summed E-state index contributed by atoms with van der Waals surface area (Å²) in [5.41, 5.74) is 5.66. The van der Waals surface area contributed by atoms with Gasteiger partial charge in [0, 0.05) is 0 Å². The summed E-state index contributed by atoms with van der Waals surface area (Å²) < 4.78 is 0. The number of rotatable bonds is 0. The zero-order valence-electron chi connectivity index (χ0n) is 12.5. The van der Waals surface area contributed by atoms with Crippen molar-refractivity contribution in [2.24, 2.45) is 0 Å². The molecule has 0 fully saturated rings. The van der Waals surface area contributed by atoms with Gasteiger partial charge in [0.15, 0.2) is 0 Å². The Hall–Kier alpha value is -2.60. The molecule has 22 heavy (non-hydrogen) atoms. The van der Waals surface area contributed by atoms with E-state index in [-0.39, 0.29) is 0 Å². The molecule has 3 aromatic carbocycles. The minimum Gasteiger partial charge on any atom is -0.0795 e. The third kappa shape index (κ3) is 2.37. The Morgan fingerprint density at radius 3 is 2.05 bits per heavy atom. The topological polar surface area (TPSA) is 0 Å². The zero-order chi connectivity index (χ0) is 14.8. The van der Waals surface area contributed by atoms with Crippen LogP contribution in [0.25, 0.3) is 22.9 Å². The van der Waals surface area contributed by atoms with Gasteiger partial charge in [-0.15, -0.1) is 0 Å². The highest BCUT2D eigenvalue weighted by atomic mass is 14.1. The van der Waals surface area contributed by atoms with Gasteiger partial charge in [-0.25, -0.2) is 0 Å². The maximum absolute atomic E-state index is 2.23. The van der Waals surface area contributed by atoms with Crippen molar-refractivity contribution in [1.82, 2.24) is 0 Å². The minimum absolute atomic E-state index is 1.08. The van der Waals surface area contributed by atoms with Gasteiger partial charge in [-0.3, -0.25) is 0 Å². The minimum atomic E-state index is 1.08. The molecule has 0 heterocycles. The molecule has 0 nitrogen and oxygen atoms in total. The molecule has 0 atom stereocenters. The Morgan fingerprint density at radius 2 is 1.18 bits per heavy atom. The van der Waals surface area contributed by atoms with Crippen LogP contribution in [0.4, 0.5) is 0 Å². The van der Waals surface area contributed by atoms with E-state index in [1.807, 2.05) is 0 Å². The number of hydrogen-bond donors (Lipinski definition) is 0. The molecular weight excluding hydrogens is 264 g/mol. The van der Waals surface area contributed by atoms with E-state index >= 15 is 0 Å². The number of allylic oxidation sites excluding steroid dienone is 2. The summed E-state index contributed by atoms with van der Waals surface area (Å²) in [6.07, 6.45) is 11.0. The van der Waals surface area contributed by atoms with Gasteiger partial charge < -0.3 is 0 Å². The van der Waals surface area contributed by atoms with Gasteiger partial charge in [0.1, 0.15) is 0 Å². The quantitative estimate of drug-likeness (QED) is 0.498. The smallest absolute Gasteiger partial charge is 0.00763 e. The lowest BCUT2D eigenvalue weighted by Gasteiger charge is -2.11. The first kappa shape index (κ1) is 13.1. The van der Waals surface area contributed by atoms with Gasteiger partial charge in [0.2, 0.25) is 0 Å². The Kier molecular flexibility index (Phi) is 3.36. The van der Waals surface area contributed by atoms with Crippen LogP contribution in [0.1, 0.15) is 22.3 Å². The van der Waals surface area contributed by atoms with E-state index in [0.717, 1.165) is 12.8 Å². The SMILES string of the molecule is C1=Cc2cccc3cccc(c23)C1.C1=Cc2ccccc2C1. The molecule has 106 valence electrons. The molecule has 0 spiro atoms. The Bertz CT molecular complexity index is 876. The number of hydrogen-bond acceptors (Lipinski definition) is 0. The summed E-state index contributed by atoms with van der Waals surface area (Å²) in [5.74, 6) is 0. The van der Waals surface area contributed by atoms with E-state index < -0.39 is 0 Å². The van der Waals surface area contributed by atoms with Gasteiger partial charge >= 0.3 is 0 Å². The van der Waals surface area contributed by atoms with Crippen molar-refractivity contribution >= 4 is 22.9 Å². The second kappa shape index (κ2) is 5.65. The second-order valence-corrected chi connectivity index (χ2v) is 5.77. The first-order chi connectivity index (χ1) is 10.9. The van der Waals surface area contributed by atoms with E-state index in [2.05, 4.69) is 85.0 Å². The molecule has 0 saturated carbocycles. The van der Waals surface area contributed by atoms with Crippen LogP contribution in [-0.2, 0) is 12.8 Å². The highest BCUT2D eigenvalue weighted by Gasteiger charge is 2.06. The first-order valence-electron chi connectivity index (χ1n) is 7.83. The standard InChI is InChI=1S/C13H10.C9H8/c1-4-10-6-2-8-12-9-3-7-11(5-1)13(10)12;1-2-5-9-7-3-6-8(9)4-1/h1-8H,9H2;1-6H,7H2. The molecule has 5 rings (SSSR count). The van der Waals surface area contributed by atoms with Gasteiger partial charge in [-0.2, -0.15) is 0 Å². The predicted octanol–water partition coefficient (Wildman–Crippen LogP) is 5.67. The summed E-state index contributed by atoms with van der Waals surface area (Å²) in [4.78, 5) is 0. The molecule has 0 unspecified atom stereocenters. The molecule has 0 saturated heterocycles. The molecular formula is C22H18. The largest absolute Gasteiger partial charge is 0.0795 e. The van der Waals surface area contributed by atoms with E-state index in [1.54, 1.807) is 0 Å². The van der Waals surface area contributed by atoms with Crippen LogP contribution < -0.4 is 0 Å². The van der Waals surface area contributed by atoms with E-state index in [0.29, 0.717) is 0 Å². The summed E-state index contributed by atoms with van der Waals surface area (Å²) in [6, 6.07) is 21.5. The van der Waals surface area contributed by atoms with Crippen LogP contribution in [0.3, 0.4) is 0 Å². The fraction of sp³-hybridized carbons (Fsp3) is 0.0909. The maximum Gasteiger partial charge on any atom is -0.00763 e. The Labute approximate surface area is 131 Å². The Balaban J connectivity index is 0.000000122. The lowest BCUT2D eigenvalue weighted by atomic mass is 9.93. The molecule has 0 radical (unpaired) electrons. The van der Waals surface area contributed by atoms with Crippen LogP contribution in [0.2, 0.25) is 0 Å². The van der Waals surface area contributed by atoms with E-state index in [9.17, 15) is 0 Å². The maximum atomic E-state index is 2.23. The highest BCUT2D eigenvalue weighted by molar-refractivity contribution is 5.94. The van der Waals surface area contributed by atoms with Crippen LogP contribution in [-0.4, -0.2) is 0 Å². The summed E-state index contributed by atoms with van der Waals surface area (Å²) in [5, 5.41) is 2.80. The third-order valence-electron chi connectivity index (χ3n) is 4.35. The second-order valence-electron chi connectivity index (χ2n) is 5.77. The molecule has 0 aliphatic heterocycles. The molecule has 2 aliphatic rings. The highest BCUT2D eigenvalue weighted by Crippen LogP contribution is 2.27. The fourth-order valence-electron chi connectivity index (χ4n) is 3.27. The van der Waals surface area contributed by atoms with Crippen molar-refractivity contribution in [3.8, 4) is 0 Å². The lowest BCUT2D eigenvalue weighted by Crippen LogP contribution is -1.91. The van der Waals surface area contributed by atoms with Crippen molar-refractivity contribution in [3.63, 3.8) is 0 Å². The van der Waals surface area contributed by atoms with Gasteiger partial charge in [-0.05, 0) is 45.9 Å². The van der Waals surface area contributed by atoms with Crippen molar-refractivity contribution in [2.75, 3.05) is 0 Å². The normalized spacial score (nSPS) is 13.6. The van der Waals surface area contributed by atoms with Crippen LogP contribution in [0, 0.1) is 0 Å². The summed E-state index contributed by atoms with van der Waals surface area (Å²) >= 11 is 0. The molecule has 0 amide bonds. The predicted molar refractivity (Wildman–Crippen MR) is 95.9 cm³/mol. The lowest BCUT2D eigenvalue weighted by molar-refractivity contribution is 1.29. The van der Waals surface area contributed by atoms with Crippen molar-refractivity contribution in [2.45, 2.75) is 12.8 Å². The summed E-state index contributed by atoms with van der Waals surface area (Å²) in [6.45, 7) is 0.